The second-order valence-electron chi connectivity index (χ2n) is 4.75. The van der Waals surface area contributed by atoms with Gasteiger partial charge < -0.3 is 15.0 Å². The van der Waals surface area contributed by atoms with Crippen LogP contribution in [0, 0.1) is 0 Å². The monoisotopic (exact) mass is 218 g/mol. The molecule has 0 aliphatic carbocycles. The molecule has 0 saturated carbocycles. The number of rotatable bonds is 1. The molecule has 1 aromatic rings. The van der Waals surface area contributed by atoms with Gasteiger partial charge in [-0.1, -0.05) is 6.92 Å². The Labute approximate surface area is 96.4 Å². The number of benzene rings is 1. The summed E-state index contributed by atoms with van der Waals surface area (Å²) >= 11 is 0. The van der Waals surface area contributed by atoms with Gasteiger partial charge in [0.25, 0.3) is 0 Å². The van der Waals surface area contributed by atoms with E-state index in [1.807, 2.05) is 0 Å². The molecule has 0 saturated heterocycles. The summed E-state index contributed by atoms with van der Waals surface area (Å²) < 4.78 is 5.38. The lowest BCUT2D eigenvalue weighted by Gasteiger charge is -2.18. The van der Waals surface area contributed by atoms with Gasteiger partial charge in [-0.15, -0.1) is 0 Å². The molecule has 86 valence electrons. The molecule has 2 aliphatic rings. The quantitative estimate of drug-likeness (QED) is 0.777. The summed E-state index contributed by atoms with van der Waals surface area (Å²) in [5.41, 5.74) is 4.30. The van der Waals surface area contributed by atoms with E-state index in [9.17, 15) is 0 Å². The molecule has 0 spiro atoms. The number of nitrogens with zero attached hydrogens (tertiary/aromatic N) is 1. The first-order valence-corrected chi connectivity index (χ1v) is 5.96. The Bertz CT molecular complexity index is 417. The van der Waals surface area contributed by atoms with E-state index in [0.717, 1.165) is 31.9 Å². The molecule has 0 radical (unpaired) electrons. The molecule has 1 N–H and O–H groups in total. The summed E-state index contributed by atoms with van der Waals surface area (Å²) in [5, 5.41) is 3.46. The third kappa shape index (κ3) is 1.39. The highest BCUT2D eigenvalue weighted by atomic mass is 16.5. The van der Waals surface area contributed by atoms with Crippen LogP contribution in [-0.4, -0.2) is 26.7 Å². The second-order valence-corrected chi connectivity index (χ2v) is 4.75. The molecule has 2 aliphatic heterocycles. The van der Waals surface area contributed by atoms with Crippen molar-refractivity contribution in [2.75, 3.05) is 31.6 Å². The molecule has 1 atom stereocenters. The molecule has 16 heavy (non-hydrogen) atoms. The van der Waals surface area contributed by atoms with Crippen LogP contribution in [0.3, 0.4) is 0 Å². The lowest BCUT2D eigenvalue weighted by Crippen LogP contribution is -2.27. The summed E-state index contributed by atoms with van der Waals surface area (Å²) in [7, 11) is 1.75. The van der Waals surface area contributed by atoms with E-state index in [1.165, 1.54) is 16.8 Å². The zero-order valence-electron chi connectivity index (χ0n) is 9.92. The van der Waals surface area contributed by atoms with E-state index in [2.05, 4.69) is 29.3 Å². The van der Waals surface area contributed by atoms with Crippen molar-refractivity contribution in [1.82, 2.24) is 5.32 Å². The molecule has 3 nitrogen and oxygen atoms in total. The van der Waals surface area contributed by atoms with Crippen molar-refractivity contribution in [3.8, 4) is 5.75 Å². The first kappa shape index (κ1) is 9.97. The largest absolute Gasteiger partial charge is 0.497 e. The third-order valence-corrected chi connectivity index (χ3v) is 3.64. The van der Waals surface area contributed by atoms with Crippen LogP contribution in [0.4, 0.5) is 5.69 Å². The molecule has 3 rings (SSSR count). The lowest BCUT2D eigenvalue weighted by molar-refractivity contribution is 0.413. The van der Waals surface area contributed by atoms with Crippen molar-refractivity contribution in [3.63, 3.8) is 0 Å². The van der Waals surface area contributed by atoms with Gasteiger partial charge in [0.2, 0.25) is 0 Å². The van der Waals surface area contributed by atoms with Gasteiger partial charge in [-0.2, -0.15) is 0 Å². The Morgan fingerprint density at radius 1 is 1.44 bits per heavy atom. The van der Waals surface area contributed by atoms with Crippen molar-refractivity contribution < 1.29 is 4.74 Å². The van der Waals surface area contributed by atoms with Crippen LogP contribution in [0.1, 0.15) is 24.0 Å². The molecule has 0 fully saturated rings. The highest BCUT2D eigenvalue weighted by Gasteiger charge is 2.29. The Morgan fingerprint density at radius 2 is 2.31 bits per heavy atom. The Morgan fingerprint density at radius 3 is 3.12 bits per heavy atom. The van der Waals surface area contributed by atoms with Crippen LogP contribution in [-0.2, 0) is 6.54 Å². The molecule has 1 unspecified atom stereocenters. The fraction of sp³-hybridized carbons (Fsp3) is 0.538. The second kappa shape index (κ2) is 3.67. The topological polar surface area (TPSA) is 24.5 Å². The van der Waals surface area contributed by atoms with Crippen LogP contribution in [0.15, 0.2) is 12.1 Å². The average molecular weight is 218 g/mol. The highest BCUT2D eigenvalue weighted by Crippen LogP contribution is 2.41. The SMILES string of the molecule is COc1cc2c3c(c1)C(C)CN3CCNC2. The van der Waals surface area contributed by atoms with Crippen LogP contribution >= 0.6 is 0 Å². The number of ether oxygens (including phenoxy) is 1. The maximum Gasteiger partial charge on any atom is 0.119 e. The molecular weight excluding hydrogens is 200 g/mol. The van der Waals surface area contributed by atoms with Crippen molar-refractivity contribution >= 4 is 5.69 Å². The fourth-order valence-electron chi connectivity index (χ4n) is 2.86. The van der Waals surface area contributed by atoms with Crippen LogP contribution in [0.2, 0.25) is 0 Å². The average Bonchev–Trinajstić information content (AvgIpc) is 2.48. The molecule has 0 amide bonds. The summed E-state index contributed by atoms with van der Waals surface area (Å²) in [6, 6.07) is 4.37. The summed E-state index contributed by atoms with van der Waals surface area (Å²) in [4.78, 5) is 2.51. The molecule has 0 bridgehead atoms. The van der Waals surface area contributed by atoms with Gasteiger partial charge in [0.05, 0.1) is 7.11 Å². The summed E-state index contributed by atoms with van der Waals surface area (Å²) in [6.07, 6.45) is 0. The van der Waals surface area contributed by atoms with E-state index in [-0.39, 0.29) is 0 Å². The van der Waals surface area contributed by atoms with Crippen LogP contribution < -0.4 is 15.0 Å². The smallest absolute Gasteiger partial charge is 0.119 e. The minimum atomic E-state index is 0.627. The highest BCUT2D eigenvalue weighted by molar-refractivity contribution is 5.67. The minimum absolute atomic E-state index is 0.627. The number of hydrogen-bond donors (Lipinski definition) is 1. The van der Waals surface area contributed by atoms with Crippen molar-refractivity contribution in [1.29, 1.82) is 0 Å². The van der Waals surface area contributed by atoms with Gasteiger partial charge in [0.15, 0.2) is 0 Å². The Balaban J connectivity index is 2.16. The van der Waals surface area contributed by atoms with Gasteiger partial charge in [-0.3, -0.25) is 0 Å². The minimum Gasteiger partial charge on any atom is -0.497 e. The molecule has 3 heteroatoms. The third-order valence-electron chi connectivity index (χ3n) is 3.64. The van der Waals surface area contributed by atoms with Gasteiger partial charge in [-0.05, 0) is 23.3 Å². The number of nitrogens with one attached hydrogen (secondary N) is 1. The normalized spacial score (nSPS) is 22.9. The number of hydrogen-bond acceptors (Lipinski definition) is 3. The predicted molar refractivity (Wildman–Crippen MR) is 65.3 cm³/mol. The first-order valence-electron chi connectivity index (χ1n) is 5.96. The Hall–Kier alpha value is -1.22. The summed E-state index contributed by atoms with van der Waals surface area (Å²) in [5.74, 6) is 1.62. The van der Waals surface area contributed by atoms with E-state index in [4.69, 9.17) is 4.74 Å². The molecule has 1 aromatic carbocycles. The van der Waals surface area contributed by atoms with Crippen molar-refractivity contribution in [3.05, 3.63) is 23.3 Å². The van der Waals surface area contributed by atoms with Crippen molar-refractivity contribution in [2.24, 2.45) is 0 Å². The molecule has 0 aromatic heterocycles. The maximum atomic E-state index is 5.38. The van der Waals surface area contributed by atoms with E-state index >= 15 is 0 Å². The van der Waals surface area contributed by atoms with Crippen molar-refractivity contribution in [2.45, 2.75) is 19.4 Å². The molecular formula is C13H18N2O. The van der Waals surface area contributed by atoms with Gasteiger partial charge in [0.1, 0.15) is 5.75 Å². The lowest BCUT2D eigenvalue weighted by atomic mass is 10.00. The standard InChI is InChI=1S/C13H18N2O/c1-9-8-15-4-3-14-7-10-5-11(16-2)6-12(9)13(10)15/h5-6,9,14H,3-4,7-8H2,1-2H3. The zero-order valence-corrected chi connectivity index (χ0v) is 9.92. The van der Waals surface area contributed by atoms with E-state index in [0.29, 0.717) is 5.92 Å². The first-order chi connectivity index (χ1) is 7.79. The maximum absolute atomic E-state index is 5.38. The van der Waals surface area contributed by atoms with Gasteiger partial charge >= 0.3 is 0 Å². The fourth-order valence-corrected chi connectivity index (χ4v) is 2.86. The van der Waals surface area contributed by atoms with E-state index in [1.54, 1.807) is 7.11 Å². The zero-order chi connectivity index (χ0) is 11.1. The van der Waals surface area contributed by atoms with Gasteiger partial charge in [0, 0.05) is 37.8 Å². The predicted octanol–water partition coefficient (Wildman–Crippen LogP) is 1.72. The number of anilines is 1. The Kier molecular flexibility index (Phi) is 2.28. The van der Waals surface area contributed by atoms with Gasteiger partial charge in [-0.25, -0.2) is 0 Å². The van der Waals surface area contributed by atoms with Crippen LogP contribution in [0.25, 0.3) is 0 Å². The van der Waals surface area contributed by atoms with Crippen LogP contribution in [0.5, 0.6) is 5.75 Å². The summed E-state index contributed by atoms with van der Waals surface area (Å²) in [6.45, 7) is 6.61. The molecule has 2 heterocycles. The number of methoxy groups -OCH3 is 1. The van der Waals surface area contributed by atoms with E-state index < -0.39 is 0 Å².